The summed E-state index contributed by atoms with van der Waals surface area (Å²) in [5, 5.41) is 7.74. The first-order valence-electron chi connectivity index (χ1n) is 10.9. The maximum atomic E-state index is 14.9. The molecule has 12 heteroatoms. The van der Waals surface area contributed by atoms with Crippen molar-refractivity contribution in [3.63, 3.8) is 0 Å². The quantitative estimate of drug-likeness (QED) is 0.445. The fourth-order valence-electron chi connectivity index (χ4n) is 3.80. The van der Waals surface area contributed by atoms with Gasteiger partial charge in [0.15, 0.2) is 11.6 Å². The largest absolute Gasteiger partial charge is 0.488 e. The molecule has 188 valence electrons. The van der Waals surface area contributed by atoms with Gasteiger partial charge >= 0.3 is 0 Å². The lowest BCUT2D eigenvalue weighted by Crippen LogP contribution is -2.39. The number of halogens is 1. The third-order valence-corrected chi connectivity index (χ3v) is 7.57. The van der Waals surface area contributed by atoms with Gasteiger partial charge < -0.3 is 9.84 Å². The van der Waals surface area contributed by atoms with Gasteiger partial charge in [-0.05, 0) is 32.3 Å². The molecule has 1 fully saturated rings. The van der Waals surface area contributed by atoms with Crippen molar-refractivity contribution in [2.24, 2.45) is 0 Å². The molecule has 0 saturated carbocycles. The van der Waals surface area contributed by atoms with Gasteiger partial charge in [-0.1, -0.05) is 30.3 Å². The fourth-order valence-corrected chi connectivity index (χ4v) is 5.42. The Bertz CT molecular complexity index is 1200. The van der Waals surface area contributed by atoms with E-state index in [4.69, 9.17) is 14.6 Å². The number of anilines is 1. The average molecular weight is 523 g/mol. The Hall–Kier alpha value is -3.09. The molecule has 9 nitrogen and oxygen atoms in total. The van der Waals surface area contributed by atoms with E-state index < -0.39 is 20.9 Å². The van der Waals surface area contributed by atoms with Gasteiger partial charge in [-0.15, -0.1) is 11.3 Å². The van der Waals surface area contributed by atoms with Crippen LogP contribution in [0.25, 0.3) is 0 Å². The number of thiazole rings is 1. The number of sulfonamides is 1. The number of piperidine rings is 1. The van der Waals surface area contributed by atoms with E-state index in [9.17, 15) is 12.8 Å². The SMILES string of the molecule is Cc1c(OC2CCN([C@H](C)c3ccccc3)CC2)cnc(S(=O)(=O)Nc2cscn2)c1F.O=CO. The van der Waals surface area contributed by atoms with Crippen LogP contribution in [0.1, 0.15) is 36.9 Å². The highest BCUT2D eigenvalue weighted by atomic mass is 32.2. The van der Waals surface area contributed by atoms with Crippen molar-refractivity contribution < 1.29 is 27.4 Å². The van der Waals surface area contributed by atoms with Crippen LogP contribution in [0.2, 0.25) is 0 Å². The van der Waals surface area contributed by atoms with Crippen molar-refractivity contribution in [2.45, 2.75) is 43.9 Å². The van der Waals surface area contributed by atoms with Crippen LogP contribution < -0.4 is 9.46 Å². The van der Waals surface area contributed by atoms with E-state index in [1.54, 1.807) is 0 Å². The zero-order valence-corrected chi connectivity index (χ0v) is 20.9. The van der Waals surface area contributed by atoms with Crippen molar-refractivity contribution in [2.75, 3.05) is 17.8 Å². The van der Waals surface area contributed by atoms with Gasteiger partial charge in [-0.2, -0.15) is 8.42 Å². The van der Waals surface area contributed by atoms with Crippen molar-refractivity contribution in [3.05, 3.63) is 64.4 Å². The predicted molar refractivity (Wildman–Crippen MR) is 131 cm³/mol. The number of carboxylic acid groups (broad SMARTS) is 1. The number of carbonyl (C=O) groups is 1. The van der Waals surface area contributed by atoms with Gasteiger partial charge in [-0.3, -0.25) is 14.4 Å². The number of likely N-dealkylation sites (tertiary alicyclic amines) is 1. The van der Waals surface area contributed by atoms with Crippen LogP contribution in [-0.2, 0) is 14.8 Å². The van der Waals surface area contributed by atoms with Crippen LogP contribution in [0, 0.1) is 12.7 Å². The van der Waals surface area contributed by atoms with E-state index in [2.05, 4.69) is 38.6 Å². The highest BCUT2D eigenvalue weighted by Gasteiger charge is 2.28. The second-order valence-corrected chi connectivity index (χ2v) is 10.2. The Balaban J connectivity index is 0.00000108. The minimum Gasteiger partial charge on any atom is -0.488 e. The molecule has 3 aromatic rings. The van der Waals surface area contributed by atoms with E-state index in [-0.39, 0.29) is 29.7 Å². The summed E-state index contributed by atoms with van der Waals surface area (Å²) >= 11 is 1.23. The smallest absolute Gasteiger partial charge is 0.290 e. The third-order valence-electron chi connectivity index (χ3n) is 5.71. The standard InChI is InChI=1S/C22H25FN4O3S2.CH2O2/c1-15-19(12-24-22(21(15)23)32(28,29)26-20-13-31-14-25-20)30-18-8-10-27(11-9-18)16(2)17-6-4-3-5-7-17;2-1-3/h3-7,12-14,16,18,26H,8-11H2,1-2H3;1H,(H,2,3)/t16-;/m1./s1. The molecular formula is C23H27FN4O5S2. The molecule has 1 saturated heterocycles. The van der Waals surface area contributed by atoms with Gasteiger partial charge in [0.1, 0.15) is 11.9 Å². The van der Waals surface area contributed by atoms with Crippen LogP contribution in [0.4, 0.5) is 10.2 Å². The van der Waals surface area contributed by atoms with E-state index in [0.29, 0.717) is 6.04 Å². The van der Waals surface area contributed by atoms with Crippen LogP contribution in [0.5, 0.6) is 5.75 Å². The second kappa shape index (κ2) is 12.0. The summed E-state index contributed by atoms with van der Waals surface area (Å²) in [6, 6.07) is 10.7. The zero-order valence-electron chi connectivity index (χ0n) is 19.3. The third kappa shape index (κ3) is 6.74. The molecule has 0 amide bonds. The van der Waals surface area contributed by atoms with E-state index in [1.807, 2.05) is 18.2 Å². The number of ether oxygens (including phenoxy) is 1. The minimum absolute atomic E-state index is 0.0790. The maximum absolute atomic E-state index is 14.9. The lowest BCUT2D eigenvalue weighted by molar-refractivity contribution is -0.122. The number of hydrogen-bond donors (Lipinski definition) is 2. The minimum atomic E-state index is -4.18. The van der Waals surface area contributed by atoms with Crippen molar-refractivity contribution in [1.82, 2.24) is 14.9 Å². The highest BCUT2D eigenvalue weighted by Crippen LogP contribution is 2.29. The number of nitrogens with zero attached hydrogens (tertiary/aromatic N) is 3. The van der Waals surface area contributed by atoms with Gasteiger partial charge in [0, 0.05) is 30.1 Å². The zero-order chi connectivity index (χ0) is 25.4. The summed E-state index contributed by atoms with van der Waals surface area (Å²) in [5.41, 5.74) is 2.88. The van der Waals surface area contributed by atoms with Crippen molar-refractivity contribution in [1.29, 1.82) is 0 Å². The first-order valence-corrected chi connectivity index (χ1v) is 13.3. The highest BCUT2D eigenvalue weighted by molar-refractivity contribution is 7.92. The fraction of sp³-hybridized carbons (Fsp3) is 0.348. The number of pyridine rings is 1. The molecule has 4 rings (SSSR count). The number of benzene rings is 1. The van der Waals surface area contributed by atoms with Crippen LogP contribution >= 0.6 is 11.3 Å². The summed E-state index contributed by atoms with van der Waals surface area (Å²) in [6.07, 6.45) is 2.80. The Labute approximate surface area is 207 Å². The van der Waals surface area contributed by atoms with Crippen molar-refractivity contribution >= 4 is 33.7 Å². The molecule has 1 aromatic carbocycles. The average Bonchev–Trinajstić information content (AvgIpc) is 3.35. The molecule has 2 N–H and O–H groups in total. The van der Waals surface area contributed by atoms with Gasteiger partial charge in [0.2, 0.25) is 5.03 Å². The molecule has 0 radical (unpaired) electrons. The molecule has 2 aromatic heterocycles. The Morgan fingerprint density at radius 2 is 1.91 bits per heavy atom. The molecule has 3 heterocycles. The second-order valence-electron chi connectivity index (χ2n) is 7.89. The molecule has 1 aliphatic rings. The topological polar surface area (TPSA) is 122 Å². The monoisotopic (exact) mass is 522 g/mol. The number of nitrogens with one attached hydrogen (secondary N) is 1. The first kappa shape index (κ1) is 26.5. The summed E-state index contributed by atoms with van der Waals surface area (Å²) in [4.78, 5) is 18.5. The van der Waals surface area contributed by atoms with E-state index >= 15 is 0 Å². The molecular weight excluding hydrogens is 495 g/mol. The number of aromatic nitrogens is 2. The van der Waals surface area contributed by atoms with Crippen LogP contribution in [0.15, 0.2) is 52.4 Å². The molecule has 0 spiro atoms. The lowest BCUT2D eigenvalue weighted by atomic mass is 10.0. The maximum Gasteiger partial charge on any atom is 0.290 e. The first-order chi connectivity index (χ1) is 16.8. The summed E-state index contributed by atoms with van der Waals surface area (Å²) < 4.78 is 48.2. The van der Waals surface area contributed by atoms with Crippen LogP contribution in [-0.4, -0.2) is 54.1 Å². The van der Waals surface area contributed by atoms with Gasteiger partial charge in [-0.25, -0.2) is 14.4 Å². The normalized spacial score (nSPS) is 15.5. The van der Waals surface area contributed by atoms with E-state index in [1.165, 1.54) is 40.9 Å². The molecule has 0 bridgehead atoms. The summed E-state index contributed by atoms with van der Waals surface area (Å²) in [7, 11) is -4.18. The molecule has 0 aliphatic carbocycles. The summed E-state index contributed by atoms with van der Waals surface area (Å²) in [5.74, 6) is -0.518. The van der Waals surface area contributed by atoms with Gasteiger partial charge in [0.05, 0.1) is 11.7 Å². The van der Waals surface area contributed by atoms with Gasteiger partial charge in [0.25, 0.3) is 16.5 Å². The predicted octanol–water partition coefficient (Wildman–Crippen LogP) is 4.09. The summed E-state index contributed by atoms with van der Waals surface area (Å²) in [6.45, 7) is 5.17. The Morgan fingerprint density at radius 3 is 2.51 bits per heavy atom. The Kier molecular flexibility index (Phi) is 9.13. The number of rotatable bonds is 7. The molecule has 35 heavy (non-hydrogen) atoms. The lowest BCUT2D eigenvalue weighted by Gasteiger charge is -2.36. The molecule has 0 unspecified atom stereocenters. The molecule has 1 atom stereocenters. The van der Waals surface area contributed by atoms with Crippen LogP contribution in [0.3, 0.4) is 0 Å². The van der Waals surface area contributed by atoms with E-state index in [0.717, 1.165) is 25.9 Å². The Morgan fingerprint density at radius 1 is 1.26 bits per heavy atom. The number of hydrogen-bond acceptors (Lipinski definition) is 8. The molecule has 1 aliphatic heterocycles. The van der Waals surface area contributed by atoms with Crippen molar-refractivity contribution in [3.8, 4) is 5.75 Å².